The number of nitrogens with one attached hydrogen (secondary N) is 1. The van der Waals surface area contributed by atoms with Crippen LogP contribution in [-0.2, 0) is 9.84 Å². The van der Waals surface area contributed by atoms with E-state index in [-0.39, 0.29) is 30.2 Å². The molecule has 1 aliphatic rings. The van der Waals surface area contributed by atoms with Gasteiger partial charge in [-0.3, -0.25) is 0 Å². The molecule has 1 heterocycles. The summed E-state index contributed by atoms with van der Waals surface area (Å²) in [5.74, 6) is 0.324. The number of aliphatic hydroxyl groups excluding tert-OH is 1. The Morgan fingerprint density at radius 2 is 2.11 bits per heavy atom. The molecule has 0 amide bonds. The Morgan fingerprint density at radius 3 is 2.68 bits per heavy atom. The highest BCUT2D eigenvalue weighted by Crippen LogP contribution is 2.16. The summed E-state index contributed by atoms with van der Waals surface area (Å²) in [5.41, 5.74) is 4.22. The standard InChI is InChI=1S/C13H20N2O3S/c1-11-10-19(17,18)8-7-15(11)14-13(9-16)12-5-3-2-4-6-12/h2-6,11,13-14,16H,7-10H2,1H3. The van der Waals surface area contributed by atoms with Crippen molar-refractivity contribution < 1.29 is 13.5 Å². The number of hydrogen-bond donors (Lipinski definition) is 2. The van der Waals surface area contributed by atoms with Gasteiger partial charge in [-0.05, 0) is 12.5 Å². The topological polar surface area (TPSA) is 69.6 Å². The Kier molecular flexibility index (Phi) is 4.57. The van der Waals surface area contributed by atoms with Gasteiger partial charge in [0.1, 0.15) is 0 Å². The summed E-state index contributed by atoms with van der Waals surface area (Å²) < 4.78 is 23.1. The summed E-state index contributed by atoms with van der Waals surface area (Å²) in [6, 6.07) is 9.36. The van der Waals surface area contributed by atoms with Crippen LogP contribution >= 0.6 is 0 Å². The van der Waals surface area contributed by atoms with Gasteiger partial charge in [-0.25, -0.2) is 18.9 Å². The van der Waals surface area contributed by atoms with Crippen LogP contribution in [0.1, 0.15) is 18.5 Å². The second-order valence-electron chi connectivity index (χ2n) is 4.93. The lowest BCUT2D eigenvalue weighted by Crippen LogP contribution is -2.54. The van der Waals surface area contributed by atoms with Crippen molar-refractivity contribution in [2.45, 2.75) is 19.0 Å². The minimum absolute atomic E-state index is 0.0278. The van der Waals surface area contributed by atoms with Crippen molar-refractivity contribution in [2.24, 2.45) is 0 Å². The minimum Gasteiger partial charge on any atom is -0.394 e. The fourth-order valence-electron chi connectivity index (χ4n) is 2.30. The first kappa shape index (κ1) is 14.5. The van der Waals surface area contributed by atoms with Gasteiger partial charge in [0.15, 0.2) is 9.84 Å². The number of benzene rings is 1. The zero-order valence-electron chi connectivity index (χ0n) is 11.0. The van der Waals surface area contributed by atoms with Crippen molar-refractivity contribution in [3.05, 3.63) is 35.9 Å². The van der Waals surface area contributed by atoms with E-state index in [1.54, 1.807) is 0 Å². The van der Waals surface area contributed by atoms with Crippen LogP contribution < -0.4 is 5.43 Å². The molecule has 0 aromatic heterocycles. The highest BCUT2D eigenvalue weighted by molar-refractivity contribution is 7.91. The Morgan fingerprint density at radius 1 is 1.42 bits per heavy atom. The fourth-order valence-corrected chi connectivity index (χ4v) is 3.85. The second-order valence-corrected chi connectivity index (χ2v) is 7.16. The van der Waals surface area contributed by atoms with Gasteiger partial charge in [0.05, 0.1) is 24.2 Å². The molecular weight excluding hydrogens is 264 g/mol. The molecule has 1 aliphatic heterocycles. The van der Waals surface area contributed by atoms with E-state index in [0.29, 0.717) is 6.54 Å². The van der Waals surface area contributed by atoms with E-state index in [9.17, 15) is 13.5 Å². The molecule has 106 valence electrons. The Labute approximate surface area is 114 Å². The Hall–Kier alpha value is -0.950. The third kappa shape index (κ3) is 3.76. The van der Waals surface area contributed by atoms with Crippen molar-refractivity contribution in [3.8, 4) is 0 Å². The number of hydrazine groups is 1. The number of sulfone groups is 1. The van der Waals surface area contributed by atoms with Gasteiger partial charge >= 0.3 is 0 Å². The van der Waals surface area contributed by atoms with Gasteiger partial charge in [0.25, 0.3) is 0 Å². The molecule has 2 unspecified atom stereocenters. The van der Waals surface area contributed by atoms with Crippen LogP contribution in [0.5, 0.6) is 0 Å². The van der Waals surface area contributed by atoms with Crippen molar-refractivity contribution >= 4 is 9.84 Å². The van der Waals surface area contributed by atoms with E-state index in [1.165, 1.54) is 0 Å². The predicted octanol–water partition coefficient (Wildman–Crippen LogP) is 0.344. The largest absolute Gasteiger partial charge is 0.394 e. The first-order valence-electron chi connectivity index (χ1n) is 6.41. The fraction of sp³-hybridized carbons (Fsp3) is 0.538. The average molecular weight is 284 g/mol. The molecule has 2 N–H and O–H groups in total. The summed E-state index contributed by atoms with van der Waals surface area (Å²) in [4.78, 5) is 0. The second kappa shape index (κ2) is 6.00. The van der Waals surface area contributed by atoms with Crippen LogP contribution in [0.4, 0.5) is 0 Å². The summed E-state index contributed by atoms with van der Waals surface area (Å²) in [7, 11) is -2.92. The zero-order chi connectivity index (χ0) is 13.9. The Bertz CT molecular complexity index is 504. The van der Waals surface area contributed by atoms with Gasteiger partial charge in [0, 0.05) is 12.6 Å². The normalized spacial score (nSPS) is 25.1. The van der Waals surface area contributed by atoms with Gasteiger partial charge < -0.3 is 5.11 Å². The highest BCUT2D eigenvalue weighted by atomic mass is 32.2. The SMILES string of the molecule is CC1CS(=O)(=O)CCN1NC(CO)c1ccccc1. The van der Waals surface area contributed by atoms with Crippen LogP contribution in [0.3, 0.4) is 0 Å². The summed E-state index contributed by atoms with van der Waals surface area (Å²) in [6.45, 7) is 2.30. The molecule has 6 heteroatoms. The van der Waals surface area contributed by atoms with Gasteiger partial charge in [-0.15, -0.1) is 0 Å². The predicted molar refractivity (Wildman–Crippen MR) is 74.2 cm³/mol. The van der Waals surface area contributed by atoms with Crippen LogP contribution in [0.15, 0.2) is 30.3 Å². The highest BCUT2D eigenvalue weighted by Gasteiger charge is 2.29. The molecule has 1 aromatic rings. The first-order chi connectivity index (χ1) is 9.02. The van der Waals surface area contributed by atoms with Crippen LogP contribution in [0, 0.1) is 0 Å². The van der Waals surface area contributed by atoms with Crippen molar-refractivity contribution in [2.75, 3.05) is 24.7 Å². The third-order valence-corrected chi connectivity index (χ3v) is 5.17. The average Bonchev–Trinajstić information content (AvgIpc) is 2.38. The summed E-state index contributed by atoms with van der Waals surface area (Å²) >= 11 is 0. The summed E-state index contributed by atoms with van der Waals surface area (Å²) in [5, 5.41) is 11.4. The molecule has 19 heavy (non-hydrogen) atoms. The molecule has 0 aliphatic carbocycles. The summed E-state index contributed by atoms with van der Waals surface area (Å²) in [6.07, 6.45) is 0. The molecular formula is C13H20N2O3S. The molecule has 1 fully saturated rings. The number of aliphatic hydroxyl groups is 1. The first-order valence-corrected chi connectivity index (χ1v) is 8.23. The molecule has 0 bridgehead atoms. The van der Waals surface area contributed by atoms with E-state index < -0.39 is 9.84 Å². The zero-order valence-corrected chi connectivity index (χ0v) is 11.8. The van der Waals surface area contributed by atoms with Crippen molar-refractivity contribution in [3.63, 3.8) is 0 Å². The van der Waals surface area contributed by atoms with Crippen molar-refractivity contribution in [1.82, 2.24) is 10.4 Å². The Balaban J connectivity index is 2.04. The quantitative estimate of drug-likeness (QED) is 0.834. The molecule has 5 nitrogen and oxygen atoms in total. The maximum Gasteiger partial charge on any atom is 0.153 e. The maximum atomic E-state index is 11.5. The van der Waals surface area contributed by atoms with Gasteiger partial charge in [-0.2, -0.15) is 0 Å². The lowest BCUT2D eigenvalue weighted by Gasteiger charge is -2.36. The number of rotatable bonds is 4. The maximum absolute atomic E-state index is 11.5. The van der Waals surface area contributed by atoms with E-state index in [1.807, 2.05) is 42.3 Å². The lowest BCUT2D eigenvalue weighted by atomic mass is 10.1. The number of hydrogen-bond acceptors (Lipinski definition) is 5. The molecule has 2 rings (SSSR count). The monoisotopic (exact) mass is 284 g/mol. The molecule has 2 atom stereocenters. The van der Waals surface area contributed by atoms with E-state index >= 15 is 0 Å². The molecule has 1 aromatic carbocycles. The molecule has 0 saturated carbocycles. The number of nitrogens with zero attached hydrogens (tertiary/aromatic N) is 1. The lowest BCUT2D eigenvalue weighted by molar-refractivity contribution is 0.0945. The van der Waals surface area contributed by atoms with Crippen molar-refractivity contribution in [1.29, 1.82) is 0 Å². The minimum atomic E-state index is -2.92. The van der Waals surface area contributed by atoms with Gasteiger partial charge in [-0.1, -0.05) is 30.3 Å². The van der Waals surface area contributed by atoms with Crippen LogP contribution in [-0.4, -0.2) is 49.2 Å². The smallest absolute Gasteiger partial charge is 0.153 e. The van der Waals surface area contributed by atoms with Crippen LogP contribution in [0.25, 0.3) is 0 Å². The van der Waals surface area contributed by atoms with E-state index in [2.05, 4.69) is 5.43 Å². The van der Waals surface area contributed by atoms with Gasteiger partial charge in [0.2, 0.25) is 0 Å². The third-order valence-electron chi connectivity index (χ3n) is 3.38. The molecule has 1 saturated heterocycles. The van der Waals surface area contributed by atoms with Crippen LogP contribution in [0.2, 0.25) is 0 Å². The molecule has 0 radical (unpaired) electrons. The van der Waals surface area contributed by atoms with E-state index in [0.717, 1.165) is 5.56 Å². The molecule has 0 spiro atoms. The van der Waals surface area contributed by atoms with E-state index in [4.69, 9.17) is 0 Å².